The summed E-state index contributed by atoms with van der Waals surface area (Å²) in [5.74, 6) is 0.797. The van der Waals surface area contributed by atoms with Gasteiger partial charge in [0.05, 0.1) is 17.6 Å². The number of carbonyl (C=O) groups is 1. The lowest BCUT2D eigenvalue weighted by atomic mass is 9.86. The lowest BCUT2D eigenvalue weighted by molar-refractivity contribution is -0.130. The second-order valence-electron chi connectivity index (χ2n) is 6.02. The average Bonchev–Trinajstić information content (AvgIpc) is 2.46. The van der Waals surface area contributed by atoms with Crippen molar-refractivity contribution < 1.29 is 9.53 Å². The zero-order valence-electron chi connectivity index (χ0n) is 13.8. The zero-order chi connectivity index (χ0) is 16.0. The van der Waals surface area contributed by atoms with Crippen molar-refractivity contribution in [3.63, 3.8) is 0 Å². The SMILES string of the molecule is CCC(C)(CN)C(=O)NC(C)c1ccccc1OC(C)C. The summed E-state index contributed by atoms with van der Waals surface area (Å²) < 4.78 is 5.81. The Balaban J connectivity index is 2.89. The molecular weight excluding hydrogens is 264 g/mol. The van der Waals surface area contributed by atoms with Crippen molar-refractivity contribution in [2.24, 2.45) is 11.1 Å². The van der Waals surface area contributed by atoms with Gasteiger partial charge in [-0.05, 0) is 40.2 Å². The molecule has 0 saturated heterocycles. The maximum atomic E-state index is 12.4. The first kappa shape index (κ1) is 17.5. The quantitative estimate of drug-likeness (QED) is 0.812. The van der Waals surface area contributed by atoms with Crippen LogP contribution in [-0.4, -0.2) is 18.6 Å². The molecule has 1 rings (SSSR count). The third kappa shape index (κ3) is 4.46. The van der Waals surface area contributed by atoms with Gasteiger partial charge in [0.1, 0.15) is 5.75 Å². The molecule has 0 aliphatic carbocycles. The van der Waals surface area contributed by atoms with E-state index in [9.17, 15) is 4.79 Å². The number of hydrogen-bond donors (Lipinski definition) is 2. The number of ether oxygens (including phenoxy) is 1. The Morgan fingerprint density at radius 3 is 2.48 bits per heavy atom. The van der Waals surface area contributed by atoms with Crippen LogP contribution in [0.3, 0.4) is 0 Å². The van der Waals surface area contributed by atoms with Gasteiger partial charge in [-0.15, -0.1) is 0 Å². The fraction of sp³-hybridized carbons (Fsp3) is 0.588. The second-order valence-corrected chi connectivity index (χ2v) is 6.02. The molecule has 1 amide bonds. The number of carbonyl (C=O) groups excluding carboxylic acids is 1. The van der Waals surface area contributed by atoms with Gasteiger partial charge in [0.15, 0.2) is 0 Å². The number of benzene rings is 1. The first-order valence-corrected chi connectivity index (χ1v) is 7.60. The molecule has 118 valence electrons. The average molecular weight is 292 g/mol. The van der Waals surface area contributed by atoms with Crippen molar-refractivity contribution >= 4 is 5.91 Å². The number of para-hydroxylation sites is 1. The number of rotatable bonds is 7. The summed E-state index contributed by atoms with van der Waals surface area (Å²) in [5, 5.41) is 3.05. The molecule has 0 radical (unpaired) electrons. The van der Waals surface area contributed by atoms with Crippen LogP contribution in [0.4, 0.5) is 0 Å². The summed E-state index contributed by atoms with van der Waals surface area (Å²) in [5.41, 5.74) is 6.20. The molecule has 4 nitrogen and oxygen atoms in total. The van der Waals surface area contributed by atoms with Crippen LogP contribution in [0.2, 0.25) is 0 Å². The molecule has 2 atom stereocenters. The van der Waals surface area contributed by atoms with Crippen LogP contribution in [0.15, 0.2) is 24.3 Å². The van der Waals surface area contributed by atoms with Crippen molar-refractivity contribution in [3.8, 4) is 5.75 Å². The van der Waals surface area contributed by atoms with E-state index in [1.165, 1.54) is 0 Å². The van der Waals surface area contributed by atoms with E-state index >= 15 is 0 Å². The predicted octanol–water partition coefficient (Wildman–Crippen LogP) is 3.03. The lowest BCUT2D eigenvalue weighted by Gasteiger charge is -2.28. The van der Waals surface area contributed by atoms with Gasteiger partial charge in [0, 0.05) is 12.1 Å². The van der Waals surface area contributed by atoms with Crippen LogP contribution in [0, 0.1) is 5.41 Å². The van der Waals surface area contributed by atoms with E-state index in [4.69, 9.17) is 10.5 Å². The Morgan fingerprint density at radius 2 is 1.95 bits per heavy atom. The van der Waals surface area contributed by atoms with Crippen LogP contribution in [0.25, 0.3) is 0 Å². The monoisotopic (exact) mass is 292 g/mol. The van der Waals surface area contributed by atoms with Gasteiger partial charge in [0.2, 0.25) is 5.91 Å². The number of nitrogens with two attached hydrogens (primary N) is 1. The highest BCUT2D eigenvalue weighted by atomic mass is 16.5. The molecule has 2 unspecified atom stereocenters. The maximum absolute atomic E-state index is 12.4. The molecule has 1 aromatic rings. The minimum Gasteiger partial charge on any atom is -0.491 e. The summed E-state index contributed by atoms with van der Waals surface area (Å²) in [6, 6.07) is 7.68. The molecule has 21 heavy (non-hydrogen) atoms. The first-order chi connectivity index (χ1) is 9.84. The fourth-order valence-electron chi connectivity index (χ4n) is 2.05. The Hall–Kier alpha value is -1.55. The fourth-order valence-corrected chi connectivity index (χ4v) is 2.05. The Bertz CT molecular complexity index is 468. The van der Waals surface area contributed by atoms with Gasteiger partial charge < -0.3 is 15.8 Å². The molecule has 0 aliphatic rings. The van der Waals surface area contributed by atoms with Crippen molar-refractivity contribution in [2.45, 2.75) is 53.2 Å². The Kier molecular flexibility index (Phi) is 6.21. The van der Waals surface area contributed by atoms with Crippen LogP contribution < -0.4 is 15.8 Å². The predicted molar refractivity (Wildman–Crippen MR) is 86.2 cm³/mol. The third-order valence-corrected chi connectivity index (χ3v) is 3.87. The van der Waals surface area contributed by atoms with E-state index in [0.29, 0.717) is 13.0 Å². The minimum absolute atomic E-state index is 0.0145. The van der Waals surface area contributed by atoms with Gasteiger partial charge >= 0.3 is 0 Å². The molecule has 0 fully saturated rings. The standard InChI is InChI=1S/C17H28N2O2/c1-6-17(5,11-18)16(20)19-13(4)14-9-7-8-10-15(14)21-12(2)3/h7-10,12-13H,6,11,18H2,1-5H3,(H,19,20). The van der Waals surface area contributed by atoms with E-state index in [0.717, 1.165) is 11.3 Å². The van der Waals surface area contributed by atoms with Crippen LogP contribution in [0.1, 0.15) is 52.6 Å². The van der Waals surface area contributed by atoms with E-state index in [1.54, 1.807) is 0 Å². The molecular formula is C17H28N2O2. The molecule has 0 spiro atoms. The molecule has 0 aromatic heterocycles. The van der Waals surface area contributed by atoms with E-state index in [-0.39, 0.29) is 18.1 Å². The van der Waals surface area contributed by atoms with Gasteiger partial charge in [-0.25, -0.2) is 0 Å². The van der Waals surface area contributed by atoms with E-state index < -0.39 is 5.41 Å². The van der Waals surface area contributed by atoms with Crippen molar-refractivity contribution in [2.75, 3.05) is 6.54 Å². The highest BCUT2D eigenvalue weighted by molar-refractivity contribution is 5.82. The number of amides is 1. The van der Waals surface area contributed by atoms with Crippen molar-refractivity contribution in [1.82, 2.24) is 5.32 Å². The van der Waals surface area contributed by atoms with Crippen molar-refractivity contribution in [1.29, 1.82) is 0 Å². The molecule has 0 bridgehead atoms. The summed E-state index contributed by atoms with van der Waals surface area (Å²) in [6.45, 7) is 10.2. The highest BCUT2D eigenvalue weighted by Crippen LogP contribution is 2.27. The first-order valence-electron chi connectivity index (χ1n) is 7.60. The number of nitrogens with one attached hydrogen (secondary N) is 1. The topological polar surface area (TPSA) is 64.4 Å². The summed E-state index contributed by atoms with van der Waals surface area (Å²) >= 11 is 0. The van der Waals surface area contributed by atoms with Crippen LogP contribution in [-0.2, 0) is 4.79 Å². The normalized spacial score (nSPS) is 15.4. The summed E-state index contributed by atoms with van der Waals surface area (Å²) in [4.78, 5) is 12.4. The summed E-state index contributed by atoms with van der Waals surface area (Å²) in [7, 11) is 0. The summed E-state index contributed by atoms with van der Waals surface area (Å²) in [6.07, 6.45) is 0.811. The highest BCUT2D eigenvalue weighted by Gasteiger charge is 2.31. The number of hydrogen-bond acceptors (Lipinski definition) is 3. The van der Waals surface area contributed by atoms with Crippen LogP contribution >= 0.6 is 0 Å². The molecule has 0 aliphatic heterocycles. The second kappa shape index (κ2) is 7.46. The Morgan fingerprint density at radius 1 is 1.33 bits per heavy atom. The van der Waals surface area contributed by atoms with Gasteiger partial charge in [-0.2, -0.15) is 0 Å². The Labute approximate surface area is 128 Å². The van der Waals surface area contributed by atoms with Gasteiger partial charge in [-0.3, -0.25) is 4.79 Å². The van der Waals surface area contributed by atoms with Gasteiger partial charge in [0.25, 0.3) is 0 Å². The van der Waals surface area contributed by atoms with Crippen molar-refractivity contribution in [3.05, 3.63) is 29.8 Å². The van der Waals surface area contributed by atoms with Gasteiger partial charge in [-0.1, -0.05) is 25.1 Å². The van der Waals surface area contributed by atoms with E-state index in [1.807, 2.05) is 58.9 Å². The smallest absolute Gasteiger partial charge is 0.227 e. The van der Waals surface area contributed by atoms with E-state index in [2.05, 4.69) is 5.32 Å². The minimum atomic E-state index is -0.526. The van der Waals surface area contributed by atoms with Crippen LogP contribution in [0.5, 0.6) is 5.75 Å². The lowest BCUT2D eigenvalue weighted by Crippen LogP contribution is -2.44. The molecule has 3 N–H and O–H groups in total. The molecule has 0 saturated carbocycles. The molecule has 1 aromatic carbocycles. The zero-order valence-corrected chi connectivity index (χ0v) is 13.8. The molecule has 4 heteroatoms. The third-order valence-electron chi connectivity index (χ3n) is 3.87. The molecule has 0 heterocycles. The maximum Gasteiger partial charge on any atom is 0.227 e. The largest absolute Gasteiger partial charge is 0.491 e.